The van der Waals surface area contributed by atoms with Crippen LogP contribution in [0.25, 0.3) is 22.5 Å². The minimum absolute atomic E-state index is 0.151. The van der Waals surface area contributed by atoms with E-state index in [0.717, 1.165) is 36.7 Å². The van der Waals surface area contributed by atoms with E-state index in [4.69, 9.17) is 9.15 Å². The Balaban J connectivity index is 1.11. The number of aromatic nitrogens is 5. The smallest absolute Gasteiger partial charge is 0.297 e. The second-order valence-electron chi connectivity index (χ2n) is 7.78. The first-order chi connectivity index (χ1) is 15.6. The number of rotatable bonds is 8. The fourth-order valence-corrected chi connectivity index (χ4v) is 3.40. The molecule has 0 unspecified atom stereocenters. The number of nitrogens with zero attached hydrogens (tertiary/aromatic N) is 5. The summed E-state index contributed by atoms with van der Waals surface area (Å²) in [6.45, 7) is 5.16. The van der Waals surface area contributed by atoms with E-state index in [9.17, 15) is 4.79 Å². The van der Waals surface area contributed by atoms with Crippen LogP contribution in [0, 0.1) is 12.8 Å². The molecule has 0 atom stereocenters. The molecule has 0 saturated carbocycles. The van der Waals surface area contributed by atoms with Crippen LogP contribution in [0.3, 0.4) is 0 Å². The molecule has 3 aromatic heterocycles. The normalized spacial score (nSPS) is 13.8. The van der Waals surface area contributed by atoms with Crippen LogP contribution in [-0.2, 0) is 11.3 Å². The molecule has 1 saturated heterocycles. The van der Waals surface area contributed by atoms with E-state index in [1.54, 1.807) is 12.1 Å². The Kier molecular flexibility index (Phi) is 5.51. The number of carbonyl (C=O) groups excluding carboxylic acids is 1. The van der Waals surface area contributed by atoms with Gasteiger partial charge in [0.25, 0.3) is 11.9 Å². The molecule has 0 radical (unpaired) electrons. The SMILES string of the molecule is Cc1ccc2oc(NCCNC(=O)c3ccc(-c4cn(CC5COC5)nn4)cc3)nc2n1. The third kappa shape index (κ3) is 4.45. The number of aryl methyl sites for hydroxylation is 1. The van der Waals surface area contributed by atoms with Crippen LogP contribution in [0.1, 0.15) is 16.1 Å². The fraction of sp³-hybridized carbons (Fsp3) is 0.318. The van der Waals surface area contributed by atoms with Gasteiger partial charge in [-0.15, -0.1) is 5.10 Å². The minimum Gasteiger partial charge on any atom is -0.422 e. The molecule has 1 aliphatic rings. The quantitative estimate of drug-likeness (QED) is 0.406. The summed E-state index contributed by atoms with van der Waals surface area (Å²) >= 11 is 0. The first kappa shape index (κ1) is 20.1. The van der Waals surface area contributed by atoms with Crippen LogP contribution in [0.4, 0.5) is 6.01 Å². The van der Waals surface area contributed by atoms with E-state index < -0.39 is 0 Å². The molecule has 4 heterocycles. The summed E-state index contributed by atoms with van der Waals surface area (Å²) in [5, 5.41) is 14.3. The standard InChI is InChI=1S/C22H23N7O3/c1-14-2-7-19-20(25-14)26-22(32-19)24-9-8-23-21(30)17-5-3-16(4-6-17)18-11-29(28-27-18)10-15-12-31-13-15/h2-7,11,15H,8-10,12-13H2,1H3,(H,23,30)(H,24,25,26). The Hall–Kier alpha value is -3.79. The number of anilines is 1. The van der Waals surface area contributed by atoms with E-state index in [1.807, 2.05) is 42.1 Å². The van der Waals surface area contributed by atoms with Crippen molar-refractivity contribution >= 4 is 23.2 Å². The van der Waals surface area contributed by atoms with Crippen molar-refractivity contribution in [2.24, 2.45) is 5.92 Å². The number of nitrogens with one attached hydrogen (secondary N) is 2. The molecule has 1 aliphatic heterocycles. The van der Waals surface area contributed by atoms with E-state index in [0.29, 0.717) is 41.8 Å². The molecular weight excluding hydrogens is 410 g/mol. The number of benzene rings is 1. The van der Waals surface area contributed by atoms with Crippen molar-refractivity contribution in [3.8, 4) is 11.3 Å². The van der Waals surface area contributed by atoms with Gasteiger partial charge in [-0.2, -0.15) is 4.98 Å². The monoisotopic (exact) mass is 433 g/mol. The zero-order valence-electron chi connectivity index (χ0n) is 17.6. The number of carbonyl (C=O) groups is 1. The Bertz CT molecular complexity index is 1230. The first-order valence-electron chi connectivity index (χ1n) is 10.5. The van der Waals surface area contributed by atoms with Gasteiger partial charge in [0.2, 0.25) is 5.65 Å². The molecule has 4 aromatic rings. The fourth-order valence-electron chi connectivity index (χ4n) is 3.40. The van der Waals surface area contributed by atoms with E-state index in [2.05, 4.69) is 30.9 Å². The Morgan fingerprint density at radius 2 is 1.97 bits per heavy atom. The van der Waals surface area contributed by atoms with Crippen LogP contribution < -0.4 is 10.6 Å². The van der Waals surface area contributed by atoms with Crippen LogP contribution in [-0.4, -0.2) is 57.2 Å². The van der Waals surface area contributed by atoms with Crippen LogP contribution in [0.2, 0.25) is 0 Å². The topological polar surface area (TPSA) is 120 Å². The van der Waals surface area contributed by atoms with Crippen molar-refractivity contribution < 1.29 is 13.9 Å². The Morgan fingerprint density at radius 1 is 1.12 bits per heavy atom. The molecule has 2 N–H and O–H groups in total. The molecular formula is C22H23N7O3. The summed E-state index contributed by atoms with van der Waals surface area (Å²) in [6.07, 6.45) is 1.92. The second-order valence-corrected chi connectivity index (χ2v) is 7.78. The van der Waals surface area contributed by atoms with Gasteiger partial charge in [-0.05, 0) is 31.2 Å². The minimum atomic E-state index is -0.151. The zero-order valence-corrected chi connectivity index (χ0v) is 17.6. The van der Waals surface area contributed by atoms with Gasteiger partial charge in [0.05, 0.1) is 19.4 Å². The predicted molar refractivity (Wildman–Crippen MR) is 117 cm³/mol. The number of hydrogen-bond donors (Lipinski definition) is 2. The highest BCUT2D eigenvalue weighted by Crippen LogP contribution is 2.19. The maximum absolute atomic E-state index is 12.4. The average Bonchev–Trinajstić information content (AvgIpc) is 3.40. The number of ether oxygens (including phenoxy) is 1. The van der Waals surface area contributed by atoms with Crippen molar-refractivity contribution in [2.45, 2.75) is 13.5 Å². The second kappa shape index (κ2) is 8.75. The Morgan fingerprint density at radius 3 is 2.75 bits per heavy atom. The van der Waals surface area contributed by atoms with Gasteiger partial charge < -0.3 is 19.8 Å². The highest BCUT2D eigenvalue weighted by molar-refractivity contribution is 5.94. The van der Waals surface area contributed by atoms with E-state index in [1.165, 1.54) is 0 Å². The average molecular weight is 433 g/mol. The molecule has 1 fully saturated rings. The van der Waals surface area contributed by atoms with E-state index in [-0.39, 0.29) is 5.91 Å². The molecule has 0 spiro atoms. The Labute approximate surface area is 184 Å². The molecule has 1 amide bonds. The molecule has 10 heteroatoms. The van der Waals surface area contributed by atoms with Crippen molar-refractivity contribution in [3.05, 3.63) is 53.9 Å². The molecule has 0 bridgehead atoms. The first-order valence-corrected chi connectivity index (χ1v) is 10.5. The highest BCUT2D eigenvalue weighted by Gasteiger charge is 2.19. The maximum atomic E-state index is 12.4. The summed E-state index contributed by atoms with van der Waals surface area (Å²) < 4.78 is 12.6. The lowest BCUT2D eigenvalue weighted by molar-refractivity contribution is -0.0410. The number of pyridine rings is 1. The van der Waals surface area contributed by atoms with Gasteiger partial charge in [0.15, 0.2) is 5.58 Å². The van der Waals surface area contributed by atoms with Gasteiger partial charge in [0.1, 0.15) is 5.69 Å². The molecule has 164 valence electrons. The summed E-state index contributed by atoms with van der Waals surface area (Å²) in [5.74, 6) is 0.357. The molecule has 5 rings (SSSR count). The third-order valence-corrected chi connectivity index (χ3v) is 5.21. The largest absolute Gasteiger partial charge is 0.422 e. The third-order valence-electron chi connectivity index (χ3n) is 5.21. The predicted octanol–water partition coefficient (Wildman–Crippen LogP) is 2.28. The highest BCUT2D eigenvalue weighted by atomic mass is 16.5. The van der Waals surface area contributed by atoms with Gasteiger partial charge in [-0.1, -0.05) is 17.3 Å². The molecule has 10 nitrogen and oxygen atoms in total. The summed E-state index contributed by atoms with van der Waals surface area (Å²) in [6, 6.07) is 11.4. The maximum Gasteiger partial charge on any atom is 0.297 e. The lowest BCUT2D eigenvalue weighted by Gasteiger charge is -2.25. The number of hydrogen-bond acceptors (Lipinski definition) is 8. The van der Waals surface area contributed by atoms with Gasteiger partial charge in [0, 0.05) is 42.4 Å². The van der Waals surface area contributed by atoms with Crippen molar-refractivity contribution in [1.29, 1.82) is 0 Å². The lowest BCUT2D eigenvalue weighted by Crippen LogP contribution is -2.31. The number of fused-ring (bicyclic) bond motifs is 1. The van der Waals surface area contributed by atoms with Gasteiger partial charge in [-0.3, -0.25) is 9.48 Å². The van der Waals surface area contributed by atoms with Crippen LogP contribution in [0.5, 0.6) is 0 Å². The zero-order chi connectivity index (χ0) is 21.9. The molecule has 0 aliphatic carbocycles. The lowest BCUT2D eigenvalue weighted by atomic mass is 10.1. The summed E-state index contributed by atoms with van der Waals surface area (Å²) in [7, 11) is 0. The van der Waals surface area contributed by atoms with Crippen molar-refractivity contribution in [1.82, 2.24) is 30.3 Å². The van der Waals surface area contributed by atoms with Crippen molar-refractivity contribution in [2.75, 3.05) is 31.6 Å². The van der Waals surface area contributed by atoms with Crippen LogP contribution >= 0.6 is 0 Å². The van der Waals surface area contributed by atoms with Crippen LogP contribution in [0.15, 0.2) is 47.0 Å². The molecule has 32 heavy (non-hydrogen) atoms. The van der Waals surface area contributed by atoms with Gasteiger partial charge in [-0.25, -0.2) is 4.98 Å². The van der Waals surface area contributed by atoms with Gasteiger partial charge >= 0.3 is 0 Å². The summed E-state index contributed by atoms with van der Waals surface area (Å²) in [4.78, 5) is 21.0. The van der Waals surface area contributed by atoms with Crippen molar-refractivity contribution in [3.63, 3.8) is 0 Å². The van der Waals surface area contributed by atoms with E-state index >= 15 is 0 Å². The summed E-state index contributed by atoms with van der Waals surface area (Å²) in [5.41, 5.74) is 4.34. The molecule has 1 aromatic carbocycles. The number of amides is 1. The number of oxazole rings is 1.